The molecule has 0 saturated heterocycles. The van der Waals surface area contributed by atoms with Crippen molar-refractivity contribution in [1.82, 2.24) is 0 Å². The number of thioether (sulfide) groups is 2. The number of allylic oxidation sites excluding steroid dienone is 6. The molecule has 5 rings (SSSR count). The number of aromatic nitrogens is 1. The van der Waals surface area contributed by atoms with Crippen LogP contribution >= 0.6 is 23.5 Å². The minimum absolute atomic E-state index is 0.332. The van der Waals surface area contributed by atoms with Gasteiger partial charge in [0.05, 0.1) is 5.25 Å². The molecule has 23 heavy (non-hydrogen) atoms. The van der Waals surface area contributed by atoms with Crippen LogP contribution in [0.2, 0.25) is 0 Å². The van der Waals surface area contributed by atoms with E-state index >= 15 is 0 Å². The topological polar surface area (TPSA) is 40.5 Å². The number of hydrogen-bond donors (Lipinski definition) is 1. The Bertz CT molecular complexity index is 833. The summed E-state index contributed by atoms with van der Waals surface area (Å²) in [5.74, 6) is 2.04. The van der Waals surface area contributed by atoms with E-state index in [0.717, 1.165) is 17.3 Å². The summed E-state index contributed by atoms with van der Waals surface area (Å²) >= 11 is 3.80. The average Bonchev–Trinajstić information content (AvgIpc) is 2.59. The predicted octanol–water partition coefficient (Wildman–Crippen LogP) is 2.24. The third-order valence-electron chi connectivity index (χ3n) is 4.30. The first-order valence-electron chi connectivity index (χ1n) is 7.65. The molecule has 3 heterocycles. The van der Waals surface area contributed by atoms with E-state index in [1.54, 1.807) is 0 Å². The van der Waals surface area contributed by atoms with Gasteiger partial charge in [0.15, 0.2) is 0 Å². The maximum Gasteiger partial charge on any atom is 0.401 e. The summed E-state index contributed by atoms with van der Waals surface area (Å²) in [7, 11) is 0. The molecule has 1 aromatic rings. The molecule has 2 unspecified atom stereocenters. The second kappa shape index (κ2) is 5.08. The zero-order chi connectivity index (χ0) is 15.4. The number of nitrogens with zero attached hydrogens (tertiary/aromatic N) is 1. The Kier molecular flexibility index (Phi) is 3.00. The first kappa shape index (κ1) is 13.6. The largest absolute Gasteiger partial charge is 0.401 e. The van der Waals surface area contributed by atoms with Gasteiger partial charge in [-0.05, 0) is 24.6 Å². The molecule has 2 aliphatic heterocycles. The Morgan fingerprint density at radius 1 is 0.957 bits per heavy atom. The first-order valence-corrected chi connectivity index (χ1v) is 9.41. The summed E-state index contributed by atoms with van der Waals surface area (Å²) in [4.78, 5) is 14.5. The van der Waals surface area contributed by atoms with Crippen LogP contribution < -0.4 is 9.98 Å². The summed E-state index contributed by atoms with van der Waals surface area (Å²) < 4.78 is 0. The van der Waals surface area contributed by atoms with Gasteiger partial charge in [-0.3, -0.25) is 0 Å². The minimum atomic E-state index is 0.332. The number of nitrogens with one attached hydrogen (secondary N) is 2. The Hall–Kier alpha value is -1.85. The molecule has 0 radical (unpaired) electrons. The van der Waals surface area contributed by atoms with Crippen molar-refractivity contribution in [3.8, 4) is 0 Å². The van der Waals surface area contributed by atoms with Crippen LogP contribution in [0.4, 0.5) is 11.6 Å². The van der Waals surface area contributed by atoms with Gasteiger partial charge in [-0.25, -0.2) is 4.99 Å². The molecule has 0 bridgehead atoms. The molecular formula is C18H15N3S2+2. The lowest BCUT2D eigenvalue weighted by molar-refractivity contribution is -0.514. The fourth-order valence-electron chi connectivity index (χ4n) is 3.14. The number of fused-ring (bicyclic) bond motifs is 4. The molecular weight excluding hydrogens is 322 g/mol. The molecule has 0 spiro atoms. The summed E-state index contributed by atoms with van der Waals surface area (Å²) in [6, 6.07) is 0. The number of hydrogen-bond acceptors (Lipinski definition) is 3. The number of pyridine rings is 1. The van der Waals surface area contributed by atoms with Crippen molar-refractivity contribution >= 4 is 46.6 Å². The van der Waals surface area contributed by atoms with E-state index in [4.69, 9.17) is 4.99 Å². The third kappa shape index (κ3) is 2.11. The lowest BCUT2D eigenvalue weighted by Gasteiger charge is -2.21. The highest BCUT2D eigenvalue weighted by Gasteiger charge is 2.38. The van der Waals surface area contributed by atoms with Gasteiger partial charge in [-0.15, -0.1) is 0 Å². The van der Waals surface area contributed by atoms with Gasteiger partial charge >= 0.3 is 11.6 Å². The van der Waals surface area contributed by atoms with E-state index in [2.05, 4.69) is 65.5 Å². The summed E-state index contributed by atoms with van der Waals surface area (Å²) in [5.41, 5.74) is 3.68. The van der Waals surface area contributed by atoms with Gasteiger partial charge in [0.2, 0.25) is 5.71 Å². The zero-order valence-corrected chi connectivity index (χ0v) is 14.2. The molecule has 0 aromatic carbocycles. The van der Waals surface area contributed by atoms with Crippen LogP contribution in [0.15, 0.2) is 63.4 Å². The molecule has 1 aromatic heterocycles. The van der Waals surface area contributed by atoms with Gasteiger partial charge in [-0.2, -0.15) is 4.98 Å². The molecule has 4 aliphatic rings. The average molecular weight is 337 g/mol. The van der Waals surface area contributed by atoms with Crippen LogP contribution in [-0.4, -0.2) is 21.9 Å². The second-order valence-corrected chi connectivity index (χ2v) is 8.12. The van der Waals surface area contributed by atoms with E-state index in [0.29, 0.717) is 10.5 Å². The lowest BCUT2D eigenvalue weighted by Crippen LogP contribution is -2.72. The smallest absolute Gasteiger partial charge is 0.210 e. The highest BCUT2D eigenvalue weighted by Crippen LogP contribution is 2.44. The highest BCUT2D eigenvalue weighted by atomic mass is 32.2. The molecule has 3 nitrogen and oxygen atoms in total. The number of H-pyrrole nitrogens is 1. The van der Waals surface area contributed by atoms with E-state index < -0.39 is 0 Å². The molecule has 2 atom stereocenters. The highest BCUT2D eigenvalue weighted by molar-refractivity contribution is 8.02. The predicted molar refractivity (Wildman–Crippen MR) is 96.3 cm³/mol. The molecule has 0 saturated carbocycles. The molecule has 112 valence electrons. The van der Waals surface area contributed by atoms with Gasteiger partial charge in [-0.1, -0.05) is 60.0 Å². The summed E-state index contributed by atoms with van der Waals surface area (Å²) in [6.45, 7) is 2.21. The Balaban J connectivity index is 1.68. The first-order chi connectivity index (χ1) is 11.3. The fraction of sp³-hybridized carbons (Fsp3) is 0.167. The number of rotatable bonds is 0. The van der Waals surface area contributed by atoms with Crippen molar-refractivity contribution in [2.45, 2.75) is 27.2 Å². The lowest BCUT2D eigenvalue weighted by atomic mass is 10.1. The number of aliphatic imine (C=N–C) groups is 1. The molecule has 5 heteroatoms. The minimum Gasteiger partial charge on any atom is -0.210 e. The zero-order valence-electron chi connectivity index (χ0n) is 12.5. The van der Waals surface area contributed by atoms with E-state index in [-0.39, 0.29) is 0 Å². The van der Waals surface area contributed by atoms with Crippen molar-refractivity contribution in [2.24, 2.45) is 4.99 Å². The fourth-order valence-corrected chi connectivity index (χ4v) is 5.55. The van der Waals surface area contributed by atoms with Crippen LogP contribution in [0.5, 0.6) is 0 Å². The summed E-state index contributed by atoms with van der Waals surface area (Å²) in [5, 5.41) is 0.710. The van der Waals surface area contributed by atoms with E-state index in [1.807, 2.05) is 23.5 Å². The van der Waals surface area contributed by atoms with Crippen LogP contribution in [0, 0.1) is 6.92 Å². The van der Waals surface area contributed by atoms with Crippen LogP contribution in [0.3, 0.4) is 0 Å². The standard InChI is InChI=1S/C18H13N3S2/c1-10-15-17(19-11-6-2-4-8-13(11)22-15)21-18-16(10)23-14-9-5-3-7-12(14)20-18/h2-9,13-14H,1H3/p+2. The quantitative estimate of drug-likeness (QED) is 0.789. The van der Waals surface area contributed by atoms with Crippen molar-refractivity contribution < 1.29 is 9.98 Å². The number of aromatic amines is 1. The second-order valence-electron chi connectivity index (χ2n) is 5.81. The van der Waals surface area contributed by atoms with Crippen LogP contribution in [0.1, 0.15) is 5.56 Å². The Morgan fingerprint density at radius 3 is 2.65 bits per heavy atom. The van der Waals surface area contributed by atoms with Crippen molar-refractivity contribution in [3.63, 3.8) is 0 Å². The van der Waals surface area contributed by atoms with Crippen molar-refractivity contribution in [3.05, 3.63) is 54.2 Å². The van der Waals surface area contributed by atoms with Crippen molar-refractivity contribution in [1.29, 1.82) is 0 Å². The Morgan fingerprint density at radius 2 is 1.74 bits per heavy atom. The van der Waals surface area contributed by atoms with Gasteiger partial charge < -0.3 is 0 Å². The van der Waals surface area contributed by atoms with Crippen molar-refractivity contribution in [2.75, 3.05) is 0 Å². The Labute approximate surface area is 143 Å². The van der Waals surface area contributed by atoms with Gasteiger partial charge in [0.1, 0.15) is 20.8 Å². The molecule has 0 amide bonds. The normalized spacial score (nSPS) is 26.0. The van der Waals surface area contributed by atoms with E-state index in [1.165, 1.54) is 21.1 Å². The van der Waals surface area contributed by atoms with Gasteiger partial charge in [0, 0.05) is 4.99 Å². The molecule has 2 N–H and O–H groups in total. The van der Waals surface area contributed by atoms with Gasteiger partial charge in [0.25, 0.3) is 0 Å². The monoisotopic (exact) mass is 337 g/mol. The third-order valence-corrected chi connectivity index (χ3v) is 7.10. The molecule has 2 aliphatic carbocycles. The summed E-state index contributed by atoms with van der Waals surface area (Å²) in [6.07, 6.45) is 17.1. The van der Waals surface area contributed by atoms with Crippen LogP contribution in [-0.2, 0) is 0 Å². The van der Waals surface area contributed by atoms with E-state index in [9.17, 15) is 0 Å². The maximum absolute atomic E-state index is 4.85. The SMILES string of the molecule is Cc1c2c([nH+]c3c1SC1C=CC=CC1=[NH+]3)N=C1C=CC=CC1S2. The molecule has 0 fully saturated rings. The van der Waals surface area contributed by atoms with Crippen LogP contribution in [0.25, 0.3) is 0 Å². The maximum atomic E-state index is 4.85.